The summed E-state index contributed by atoms with van der Waals surface area (Å²) in [5.74, 6) is 4.45. The van der Waals surface area contributed by atoms with Crippen molar-refractivity contribution in [3.05, 3.63) is 12.3 Å². The van der Waals surface area contributed by atoms with Gasteiger partial charge in [0.25, 0.3) is 0 Å². The van der Waals surface area contributed by atoms with Crippen LogP contribution < -0.4 is 0 Å². The van der Waals surface area contributed by atoms with E-state index in [4.69, 9.17) is 4.74 Å². The third-order valence-corrected chi connectivity index (χ3v) is 7.21. The minimum absolute atomic E-state index is 0.0220. The molecular weight excluding hydrogens is 306 g/mol. The van der Waals surface area contributed by atoms with Crippen molar-refractivity contribution in [2.24, 2.45) is 29.6 Å². The molecule has 3 rings (SSSR count). The van der Waals surface area contributed by atoms with E-state index in [0.29, 0.717) is 12.2 Å². The van der Waals surface area contributed by atoms with Crippen molar-refractivity contribution in [3.63, 3.8) is 0 Å². The summed E-state index contributed by atoms with van der Waals surface area (Å²) in [5.41, 5.74) is 0. The third-order valence-electron chi connectivity index (χ3n) is 7.21. The zero-order valence-corrected chi connectivity index (χ0v) is 15.2. The number of hydrogen-bond acceptors (Lipinski definition) is 1. The Morgan fingerprint density at radius 3 is 2.08 bits per heavy atom. The highest BCUT2D eigenvalue weighted by Gasteiger charge is 2.39. The predicted octanol–water partition coefficient (Wildman–Crippen LogP) is 6.93. The average Bonchev–Trinajstić information content (AvgIpc) is 2.60. The van der Waals surface area contributed by atoms with E-state index in [1.807, 2.05) is 0 Å². The van der Waals surface area contributed by atoms with Crippen LogP contribution in [0.3, 0.4) is 0 Å². The first-order valence-electron chi connectivity index (χ1n) is 10.3. The van der Waals surface area contributed by atoms with Gasteiger partial charge >= 0.3 is 6.08 Å². The Bertz CT molecular complexity index is 410. The van der Waals surface area contributed by atoms with E-state index in [1.165, 1.54) is 64.2 Å². The van der Waals surface area contributed by atoms with Crippen molar-refractivity contribution in [1.82, 2.24) is 0 Å². The summed E-state index contributed by atoms with van der Waals surface area (Å²) in [6.07, 6.45) is 14.8. The zero-order valence-electron chi connectivity index (χ0n) is 15.2. The highest BCUT2D eigenvalue weighted by molar-refractivity contribution is 4.90. The first kappa shape index (κ1) is 18.2. The molecule has 0 amide bonds. The van der Waals surface area contributed by atoms with E-state index >= 15 is 0 Å². The van der Waals surface area contributed by atoms with Crippen LogP contribution in [0.25, 0.3) is 0 Å². The summed E-state index contributed by atoms with van der Waals surface area (Å²) in [4.78, 5) is 0. The summed E-state index contributed by atoms with van der Waals surface area (Å²) in [7, 11) is 0. The molecule has 2 unspecified atom stereocenters. The first-order chi connectivity index (χ1) is 11.7. The Hall–Kier alpha value is -0.600. The molecule has 0 aromatic carbocycles. The van der Waals surface area contributed by atoms with Crippen molar-refractivity contribution < 1.29 is 13.5 Å². The van der Waals surface area contributed by atoms with Crippen LogP contribution in [-0.2, 0) is 4.74 Å². The summed E-state index contributed by atoms with van der Waals surface area (Å²) in [6.45, 7) is 2.31. The van der Waals surface area contributed by atoms with E-state index < -0.39 is 6.08 Å². The van der Waals surface area contributed by atoms with Crippen molar-refractivity contribution in [2.75, 3.05) is 0 Å². The van der Waals surface area contributed by atoms with Gasteiger partial charge in [-0.05, 0) is 81.0 Å². The van der Waals surface area contributed by atoms with Gasteiger partial charge in [0.15, 0.2) is 0 Å². The third kappa shape index (κ3) is 4.73. The molecule has 24 heavy (non-hydrogen) atoms. The lowest BCUT2D eigenvalue weighted by atomic mass is 9.62. The predicted molar refractivity (Wildman–Crippen MR) is 93.7 cm³/mol. The van der Waals surface area contributed by atoms with Gasteiger partial charge in [0.2, 0.25) is 0 Å². The molecule has 3 fully saturated rings. The number of fused-ring (bicyclic) bond motifs is 1. The van der Waals surface area contributed by atoms with E-state index in [0.717, 1.165) is 36.5 Å². The van der Waals surface area contributed by atoms with Gasteiger partial charge in [0, 0.05) is 0 Å². The minimum Gasteiger partial charge on any atom is -0.492 e. The summed E-state index contributed by atoms with van der Waals surface area (Å²) < 4.78 is 29.6. The number of ether oxygens (including phenoxy) is 1. The molecule has 4 atom stereocenters. The normalized spacial score (nSPS) is 39.8. The second-order valence-electron chi connectivity index (χ2n) is 8.64. The highest BCUT2D eigenvalue weighted by atomic mass is 19.3. The lowest BCUT2D eigenvalue weighted by Gasteiger charge is -2.45. The van der Waals surface area contributed by atoms with Gasteiger partial charge in [0.1, 0.15) is 6.26 Å². The molecule has 3 aliphatic carbocycles. The molecule has 3 heteroatoms. The Morgan fingerprint density at radius 1 is 0.833 bits per heavy atom. The molecule has 0 bridgehead atoms. The number of rotatable bonds is 5. The van der Waals surface area contributed by atoms with Gasteiger partial charge in [0.05, 0.1) is 6.10 Å². The maximum absolute atomic E-state index is 12.2. The van der Waals surface area contributed by atoms with E-state index in [1.54, 1.807) is 0 Å². The molecule has 0 saturated heterocycles. The molecule has 0 N–H and O–H groups in total. The SMILES string of the molecule is CCCC1CCC(C2CCC3C[C@H](OC=C(F)F)CC[C@@H]3C2)CC1. The molecule has 3 aliphatic rings. The topological polar surface area (TPSA) is 9.23 Å². The van der Waals surface area contributed by atoms with Gasteiger partial charge in [-0.2, -0.15) is 8.78 Å². The fraction of sp³-hybridized carbons (Fsp3) is 0.905. The van der Waals surface area contributed by atoms with Crippen molar-refractivity contribution in [2.45, 2.75) is 90.1 Å². The molecule has 1 nitrogen and oxygen atoms in total. The molecule has 0 aromatic rings. The maximum Gasteiger partial charge on any atom is 0.304 e. The van der Waals surface area contributed by atoms with Gasteiger partial charge in [-0.25, -0.2) is 0 Å². The summed E-state index contributed by atoms with van der Waals surface area (Å²) in [5, 5.41) is 0. The number of halogens is 2. The second kappa shape index (κ2) is 8.67. The van der Waals surface area contributed by atoms with E-state index in [2.05, 4.69) is 6.92 Å². The van der Waals surface area contributed by atoms with Gasteiger partial charge in [-0.3, -0.25) is 0 Å². The van der Waals surface area contributed by atoms with Crippen LogP contribution in [0.5, 0.6) is 0 Å². The standard InChI is InChI=1S/C21H34F2O/c1-2-3-15-4-6-16(7-5-15)17-8-9-19-13-20(24-14-21(22)23)11-10-18(19)12-17/h14-20H,2-13H2,1H3/t15?,16?,17?,18-,19?,20-/m1/s1. The van der Waals surface area contributed by atoms with Crippen molar-refractivity contribution in [3.8, 4) is 0 Å². The molecule has 138 valence electrons. The quantitative estimate of drug-likeness (QED) is 0.493. The minimum atomic E-state index is -1.71. The molecule has 0 radical (unpaired) electrons. The zero-order chi connectivity index (χ0) is 16.9. The Balaban J connectivity index is 1.44. The summed E-state index contributed by atoms with van der Waals surface area (Å²) in [6, 6.07) is 0. The largest absolute Gasteiger partial charge is 0.492 e. The van der Waals surface area contributed by atoms with Crippen LogP contribution in [0.4, 0.5) is 8.78 Å². The van der Waals surface area contributed by atoms with Gasteiger partial charge in [-0.15, -0.1) is 0 Å². The lowest BCUT2D eigenvalue weighted by Crippen LogP contribution is -2.36. The van der Waals surface area contributed by atoms with Crippen LogP contribution in [0.15, 0.2) is 12.3 Å². The molecule has 0 aliphatic heterocycles. The molecular formula is C21H34F2O. The van der Waals surface area contributed by atoms with Crippen LogP contribution in [0.2, 0.25) is 0 Å². The van der Waals surface area contributed by atoms with E-state index in [-0.39, 0.29) is 6.10 Å². The monoisotopic (exact) mass is 340 g/mol. The fourth-order valence-electron chi connectivity index (χ4n) is 5.94. The Kier molecular flexibility index (Phi) is 6.57. The van der Waals surface area contributed by atoms with Crippen LogP contribution in [0, 0.1) is 29.6 Å². The molecule has 0 heterocycles. The fourth-order valence-corrected chi connectivity index (χ4v) is 5.94. The molecule has 3 saturated carbocycles. The van der Waals surface area contributed by atoms with Gasteiger partial charge < -0.3 is 4.74 Å². The van der Waals surface area contributed by atoms with Crippen molar-refractivity contribution in [1.29, 1.82) is 0 Å². The van der Waals surface area contributed by atoms with Gasteiger partial charge in [-0.1, -0.05) is 32.6 Å². The Morgan fingerprint density at radius 2 is 1.42 bits per heavy atom. The lowest BCUT2D eigenvalue weighted by molar-refractivity contribution is 0.00883. The number of hydrogen-bond donors (Lipinski definition) is 0. The van der Waals surface area contributed by atoms with Crippen LogP contribution in [0.1, 0.15) is 84.0 Å². The second-order valence-corrected chi connectivity index (χ2v) is 8.64. The average molecular weight is 340 g/mol. The molecule has 0 aromatic heterocycles. The summed E-state index contributed by atoms with van der Waals surface area (Å²) >= 11 is 0. The maximum atomic E-state index is 12.2. The van der Waals surface area contributed by atoms with E-state index in [9.17, 15) is 8.78 Å². The van der Waals surface area contributed by atoms with Crippen molar-refractivity contribution >= 4 is 0 Å². The Labute approximate surface area is 146 Å². The highest BCUT2D eigenvalue weighted by Crippen LogP contribution is 2.48. The smallest absolute Gasteiger partial charge is 0.304 e. The van der Waals surface area contributed by atoms with Crippen LogP contribution >= 0.6 is 0 Å². The molecule has 0 spiro atoms. The van der Waals surface area contributed by atoms with Crippen LogP contribution in [-0.4, -0.2) is 6.10 Å². The first-order valence-corrected chi connectivity index (χ1v) is 10.3.